The Balaban J connectivity index is 1.35. The number of aryl methyl sites for hydroxylation is 1. The second-order valence-corrected chi connectivity index (χ2v) is 7.84. The average molecular weight is 399 g/mol. The van der Waals surface area contributed by atoms with Crippen LogP contribution in [0.25, 0.3) is 10.9 Å². The molecular formula is C20H25N5O4. The van der Waals surface area contributed by atoms with E-state index in [2.05, 4.69) is 27.4 Å². The van der Waals surface area contributed by atoms with Gasteiger partial charge in [0, 0.05) is 50.1 Å². The molecule has 29 heavy (non-hydrogen) atoms. The van der Waals surface area contributed by atoms with Crippen molar-refractivity contribution in [2.24, 2.45) is 13.0 Å². The van der Waals surface area contributed by atoms with Crippen molar-refractivity contribution in [2.75, 3.05) is 42.6 Å². The largest absolute Gasteiger partial charge is 0.371 e. The van der Waals surface area contributed by atoms with E-state index in [1.54, 1.807) is 4.68 Å². The Bertz CT molecular complexity index is 944. The molecule has 3 aliphatic heterocycles. The van der Waals surface area contributed by atoms with Gasteiger partial charge in [-0.1, -0.05) is 0 Å². The normalized spacial score (nSPS) is 22.0. The van der Waals surface area contributed by atoms with Crippen molar-refractivity contribution in [1.82, 2.24) is 15.1 Å². The average Bonchev–Trinajstić information content (AvgIpc) is 3.37. The fraction of sp³-hybridized carbons (Fsp3) is 0.550. The van der Waals surface area contributed by atoms with Crippen molar-refractivity contribution in [3.63, 3.8) is 0 Å². The van der Waals surface area contributed by atoms with Crippen molar-refractivity contribution in [1.29, 1.82) is 0 Å². The lowest BCUT2D eigenvalue weighted by Crippen LogP contribution is -2.49. The molecule has 0 aliphatic carbocycles. The van der Waals surface area contributed by atoms with Crippen molar-refractivity contribution in [3.8, 4) is 0 Å². The zero-order valence-corrected chi connectivity index (χ0v) is 16.5. The van der Waals surface area contributed by atoms with Crippen LogP contribution in [0.1, 0.15) is 19.3 Å². The zero-order chi connectivity index (χ0) is 20.0. The highest BCUT2D eigenvalue weighted by Gasteiger charge is 2.31. The van der Waals surface area contributed by atoms with E-state index in [0.717, 1.165) is 42.5 Å². The van der Waals surface area contributed by atoms with E-state index in [1.165, 1.54) is 4.90 Å². The predicted octanol–water partition coefficient (Wildman–Crippen LogP) is 1.61. The maximum Gasteiger partial charge on any atom is 0.329 e. The van der Waals surface area contributed by atoms with Crippen LogP contribution in [0, 0.1) is 5.92 Å². The summed E-state index contributed by atoms with van der Waals surface area (Å²) in [6.45, 7) is 3.67. The summed E-state index contributed by atoms with van der Waals surface area (Å²) >= 11 is 0. The quantitative estimate of drug-likeness (QED) is 0.844. The number of ether oxygens (including phenoxy) is 2. The molecule has 3 fully saturated rings. The van der Waals surface area contributed by atoms with E-state index < -0.39 is 6.03 Å². The second-order valence-electron chi connectivity index (χ2n) is 7.84. The van der Waals surface area contributed by atoms with E-state index >= 15 is 0 Å². The standard InChI is InChI=1S/C20H25N5O4/c1-23-16-12-14(24-7-4-13(5-8-24)19-28-10-11-29-19)2-3-15(16)18(22-23)25-9-6-17(26)21-20(25)27/h2-3,12-13,19H,4-11H2,1H3,(H,21,26,27). The molecule has 0 atom stereocenters. The van der Waals surface area contributed by atoms with E-state index in [9.17, 15) is 9.59 Å². The monoisotopic (exact) mass is 399 g/mol. The molecular weight excluding hydrogens is 374 g/mol. The molecule has 0 saturated carbocycles. The molecule has 1 aromatic carbocycles. The van der Waals surface area contributed by atoms with Crippen LogP contribution in [0.3, 0.4) is 0 Å². The Kier molecular flexibility index (Phi) is 4.63. The first-order valence-electron chi connectivity index (χ1n) is 10.2. The summed E-state index contributed by atoms with van der Waals surface area (Å²) in [7, 11) is 1.88. The molecule has 5 rings (SSSR count). The van der Waals surface area contributed by atoms with Gasteiger partial charge in [-0.3, -0.25) is 19.7 Å². The Morgan fingerprint density at radius 3 is 2.59 bits per heavy atom. The topological polar surface area (TPSA) is 88.9 Å². The smallest absolute Gasteiger partial charge is 0.329 e. The van der Waals surface area contributed by atoms with Crippen LogP contribution in [-0.2, 0) is 21.3 Å². The van der Waals surface area contributed by atoms with E-state index in [0.29, 0.717) is 31.5 Å². The Morgan fingerprint density at radius 1 is 1.10 bits per heavy atom. The number of carbonyl (C=O) groups is 2. The van der Waals surface area contributed by atoms with Crippen LogP contribution in [0.4, 0.5) is 16.3 Å². The van der Waals surface area contributed by atoms with Crippen LogP contribution in [-0.4, -0.2) is 60.9 Å². The lowest BCUT2D eigenvalue weighted by atomic mass is 9.95. The van der Waals surface area contributed by atoms with Crippen molar-refractivity contribution in [3.05, 3.63) is 18.2 Å². The number of aromatic nitrogens is 2. The number of hydrogen-bond acceptors (Lipinski definition) is 6. The number of piperidine rings is 1. The molecule has 4 heterocycles. The van der Waals surface area contributed by atoms with Crippen LogP contribution in [0.2, 0.25) is 0 Å². The number of amides is 3. The zero-order valence-electron chi connectivity index (χ0n) is 16.5. The number of carbonyl (C=O) groups excluding carboxylic acids is 2. The van der Waals surface area contributed by atoms with Gasteiger partial charge in [-0.15, -0.1) is 0 Å². The highest BCUT2D eigenvalue weighted by atomic mass is 16.7. The summed E-state index contributed by atoms with van der Waals surface area (Å²) in [5, 5.41) is 7.83. The number of hydrogen-bond donors (Lipinski definition) is 1. The Hall–Kier alpha value is -2.65. The summed E-state index contributed by atoms with van der Waals surface area (Å²) in [5.41, 5.74) is 2.11. The highest BCUT2D eigenvalue weighted by molar-refractivity contribution is 6.09. The molecule has 2 aromatic rings. The maximum atomic E-state index is 12.2. The maximum absolute atomic E-state index is 12.2. The number of urea groups is 1. The first-order chi connectivity index (χ1) is 14.1. The first-order valence-corrected chi connectivity index (χ1v) is 10.2. The summed E-state index contributed by atoms with van der Waals surface area (Å²) in [6.07, 6.45) is 2.33. The lowest BCUT2D eigenvalue weighted by Gasteiger charge is -2.35. The van der Waals surface area contributed by atoms with Crippen molar-refractivity contribution >= 4 is 34.3 Å². The summed E-state index contributed by atoms with van der Waals surface area (Å²) in [4.78, 5) is 27.6. The van der Waals surface area contributed by atoms with Crippen LogP contribution in [0.5, 0.6) is 0 Å². The molecule has 1 aromatic heterocycles. The van der Waals surface area contributed by atoms with Gasteiger partial charge in [-0.2, -0.15) is 5.10 Å². The number of nitrogens with one attached hydrogen (secondary N) is 1. The number of imide groups is 1. The minimum atomic E-state index is -0.413. The molecule has 1 N–H and O–H groups in total. The van der Waals surface area contributed by atoms with Crippen molar-refractivity contribution in [2.45, 2.75) is 25.6 Å². The van der Waals surface area contributed by atoms with Gasteiger partial charge in [0.05, 0.1) is 18.7 Å². The van der Waals surface area contributed by atoms with Gasteiger partial charge in [-0.05, 0) is 31.0 Å². The number of rotatable bonds is 3. The SMILES string of the molecule is Cn1nc(N2CCC(=O)NC2=O)c2ccc(N3CCC(C4OCCO4)CC3)cc21. The van der Waals surface area contributed by atoms with Gasteiger partial charge in [0.2, 0.25) is 5.91 Å². The minimum absolute atomic E-state index is 0.0400. The van der Waals surface area contributed by atoms with Crippen LogP contribution in [0.15, 0.2) is 18.2 Å². The molecule has 0 unspecified atom stereocenters. The fourth-order valence-corrected chi connectivity index (χ4v) is 4.47. The molecule has 0 radical (unpaired) electrons. The van der Waals surface area contributed by atoms with Gasteiger partial charge < -0.3 is 14.4 Å². The lowest BCUT2D eigenvalue weighted by molar-refractivity contribution is -0.120. The molecule has 3 aliphatic rings. The van der Waals surface area contributed by atoms with Gasteiger partial charge >= 0.3 is 6.03 Å². The molecule has 9 nitrogen and oxygen atoms in total. The van der Waals surface area contributed by atoms with Gasteiger partial charge in [0.25, 0.3) is 0 Å². The third-order valence-corrected chi connectivity index (χ3v) is 6.06. The second kappa shape index (κ2) is 7.31. The molecule has 0 spiro atoms. The van der Waals surface area contributed by atoms with E-state index in [4.69, 9.17) is 9.47 Å². The molecule has 154 valence electrons. The molecule has 3 amide bonds. The number of benzene rings is 1. The molecule has 9 heteroatoms. The Morgan fingerprint density at radius 2 is 1.86 bits per heavy atom. The molecule has 3 saturated heterocycles. The van der Waals surface area contributed by atoms with Crippen LogP contribution >= 0.6 is 0 Å². The number of fused-ring (bicyclic) bond motifs is 1. The summed E-state index contributed by atoms with van der Waals surface area (Å²) < 4.78 is 13.1. The minimum Gasteiger partial charge on any atom is -0.371 e. The van der Waals surface area contributed by atoms with E-state index in [-0.39, 0.29) is 18.6 Å². The van der Waals surface area contributed by atoms with Crippen LogP contribution < -0.4 is 15.1 Å². The predicted molar refractivity (Wildman–Crippen MR) is 107 cm³/mol. The number of nitrogens with zero attached hydrogens (tertiary/aromatic N) is 4. The number of anilines is 2. The Labute approximate surface area is 168 Å². The summed E-state index contributed by atoms with van der Waals surface area (Å²) in [5.74, 6) is 0.806. The highest BCUT2D eigenvalue weighted by Crippen LogP contribution is 2.33. The third kappa shape index (κ3) is 3.34. The fourth-order valence-electron chi connectivity index (χ4n) is 4.47. The van der Waals surface area contributed by atoms with Crippen molar-refractivity contribution < 1.29 is 19.1 Å². The third-order valence-electron chi connectivity index (χ3n) is 6.06. The summed E-state index contributed by atoms with van der Waals surface area (Å²) in [6, 6.07) is 5.82. The van der Waals surface area contributed by atoms with Gasteiger partial charge in [0.15, 0.2) is 12.1 Å². The first kappa shape index (κ1) is 18.4. The van der Waals surface area contributed by atoms with Gasteiger partial charge in [0.1, 0.15) is 0 Å². The van der Waals surface area contributed by atoms with Gasteiger partial charge in [-0.25, -0.2) is 4.79 Å². The molecule has 0 bridgehead atoms. The van der Waals surface area contributed by atoms with E-state index in [1.807, 2.05) is 13.1 Å².